The van der Waals surface area contributed by atoms with Crippen molar-refractivity contribution in [2.45, 2.75) is 60.0 Å². The van der Waals surface area contributed by atoms with Gasteiger partial charge >= 0.3 is 0 Å². The molecule has 1 rings (SSSR count). The van der Waals surface area contributed by atoms with Crippen molar-refractivity contribution in [2.24, 2.45) is 29.6 Å². The molecule has 0 aromatic rings. The van der Waals surface area contributed by atoms with Crippen LogP contribution in [0.3, 0.4) is 0 Å². The number of ketones is 1. The van der Waals surface area contributed by atoms with Crippen molar-refractivity contribution >= 4 is 16.3 Å². The second kappa shape index (κ2) is 5.87. The fraction of sp³-hybridized carbons (Fsp3) is 0.933. The molecule has 0 spiro atoms. The van der Waals surface area contributed by atoms with Crippen LogP contribution in [0.2, 0.25) is 0 Å². The molecule has 0 aromatic heterocycles. The molecule has 1 aliphatic carbocycles. The van der Waals surface area contributed by atoms with Crippen LogP contribution in [0.15, 0.2) is 0 Å². The SMILES string of the molecule is CC(C)C(C(C)C)C(O[SiH3])(C(C)C)C1CC(=O)C1. The molecule has 1 aliphatic rings. The highest BCUT2D eigenvalue weighted by Gasteiger charge is 2.53. The molecule has 1 atom stereocenters. The van der Waals surface area contributed by atoms with Gasteiger partial charge in [0.1, 0.15) is 16.3 Å². The zero-order valence-electron chi connectivity index (χ0n) is 13.1. The lowest BCUT2D eigenvalue weighted by Gasteiger charge is -2.54. The largest absolute Gasteiger partial charge is 0.422 e. The van der Waals surface area contributed by atoms with Gasteiger partial charge in [-0.2, -0.15) is 0 Å². The Kier molecular flexibility index (Phi) is 5.19. The van der Waals surface area contributed by atoms with Crippen molar-refractivity contribution in [3.8, 4) is 0 Å². The van der Waals surface area contributed by atoms with Gasteiger partial charge in [0.25, 0.3) is 0 Å². The predicted molar refractivity (Wildman–Crippen MR) is 79.5 cm³/mol. The van der Waals surface area contributed by atoms with Gasteiger partial charge in [-0.3, -0.25) is 4.79 Å². The standard InChI is InChI=1S/C15H30O2Si/c1-9(2)14(10(3)4)15(17-18,11(5)6)12-7-13(16)8-12/h9-12,14H,7-8H2,1-6,18H3. The van der Waals surface area contributed by atoms with E-state index >= 15 is 0 Å². The van der Waals surface area contributed by atoms with Crippen molar-refractivity contribution in [3.63, 3.8) is 0 Å². The van der Waals surface area contributed by atoms with Gasteiger partial charge in [0.05, 0.1) is 5.60 Å². The van der Waals surface area contributed by atoms with Gasteiger partial charge < -0.3 is 4.43 Å². The summed E-state index contributed by atoms with van der Waals surface area (Å²) in [5, 5.41) is 0. The van der Waals surface area contributed by atoms with E-state index in [9.17, 15) is 4.79 Å². The van der Waals surface area contributed by atoms with Gasteiger partial charge in [-0.1, -0.05) is 41.5 Å². The third-order valence-corrected chi connectivity index (χ3v) is 5.51. The average Bonchev–Trinajstić information content (AvgIpc) is 2.20. The topological polar surface area (TPSA) is 26.3 Å². The normalized spacial score (nSPS) is 21.1. The Morgan fingerprint density at radius 1 is 1.11 bits per heavy atom. The van der Waals surface area contributed by atoms with Crippen LogP contribution in [0, 0.1) is 29.6 Å². The third kappa shape index (κ3) is 2.57. The third-order valence-electron chi connectivity index (χ3n) is 4.80. The molecule has 3 heteroatoms. The first-order chi connectivity index (χ1) is 8.27. The van der Waals surface area contributed by atoms with Crippen LogP contribution in [0.25, 0.3) is 0 Å². The molecular formula is C15H30O2Si. The highest BCUT2D eigenvalue weighted by Crippen LogP contribution is 2.50. The minimum Gasteiger partial charge on any atom is -0.422 e. The lowest BCUT2D eigenvalue weighted by molar-refractivity contribution is -0.154. The van der Waals surface area contributed by atoms with E-state index in [1.807, 2.05) is 0 Å². The summed E-state index contributed by atoms with van der Waals surface area (Å²) >= 11 is 0. The van der Waals surface area contributed by atoms with Gasteiger partial charge in [-0.05, 0) is 23.7 Å². The summed E-state index contributed by atoms with van der Waals surface area (Å²) in [6.07, 6.45) is 1.46. The van der Waals surface area contributed by atoms with Gasteiger partial charge in [0.2, 0.25) is 0 Å². The number of rotatable bonds is 6. The van der Waals surface area contributed by atoms with Crippen LogP contribution in [0.5, 0.6) is 0 Å². The monoisotopic (exact) mass is 270 g/mol. The average molecular weight is 270 g/mol. The van der Waals surface area contributed by atoms with Crippen molar-refractivity contribution in [3.05, 3.63) is 0 Å². The van der Waals surface area contributed by atoms with E-state index in [0.29, 0.717) is 35.4 Å². The highest BCUT2D eigenvalue weighted by molar-refractivity contribution is 5.98. The molecule has 0 amide bonds. The maximum atomic E-state index is 11.4. The number of hydrogen-bond donors (Lipinski definition) is 0. The van der Waals surface area contributed by atoms with Crippen LogP contribution < -0.4 is 0 Å². The van der Waals surface area contributed by atoms with Crippen LogP contribution in [-0.2, 0) is 9.22 Å². The summed E-state index contributed by atoms with van der Waals surface area (Å²) in [5.41, 5.74) is -0.0809. The van der Waals surface area contributed by atoms with Crippen LogP contribution in [0.4, 0.5) is 0 Å². The summed E-state index contributed by atoms with van der Waals surface area (Å²) in [5.74, 6) is 3.05. The molecule has 0 radical (unpaired) electrons. The lowest BCUT2D eigenvalue weighted by atomic mass is 9.57. The minimum atomic E-state index is -0.0809. The molecular weight excluding hydrogens is 240 g/mol. The van der Waals surface area contributed by atoms with Crippen LogP contribution in [-0.4, -0.2) is 21.9 Å². The maximum Gasteiger partial charge on any atom is 0.146 e. The molecule has 0 bridgehead atoms. The first-order valence-corrected chi connectivity index (χ1v) is 8.15. The van der Waals surface area contributed by atoms with E-state index in [4.69, 9.17) is 4.43 Å². The Balaban J connectivity index is 3.12. The van der Waals surface area contributed by atoms with Crippen molar-refractivity contribution in [1.29, 1.82) is 0 Å². The molecule has 1 saturated carbocycles. The summed E-state index contributed by atoms with van der Waals surface area (Å²) < 4.78 is 6.22. The van der Waals surface area contributed by atoms with E-state index < -0.39 is 0 Å². The van der Waals surface area contributed by atoms with Gasteiger partial charge in [0.15, 0.2) is 0 Å². The van der Waals surface area contributed by atoms with Gasteiger partial charge in [-0.15, -0.1) is 0 Å². The Morgan fingerprint density at radius 2 is 1.56 bits per heavy atom. The summed E-state index contributed by atoms with van der Waals surface area (Å²) in [6, 6.07) is 0. The number of carbonyl (C=O) groups excluding carboxylic acids is 1. The van der Waals surface area contributed by atoms with E-state index in [0.717, 1.165) is 23.3 Å². The Bertz CT molecular complexity index is 283. The van der Waals surface area contributed by atoms with E-state index in [-0.39, 0.29) is 5.60 Å². The zero-order valence-corrected chi connectivity index (χ0v) is 15.1. The molecule has 0 aromatic carbocycles. The van der Waals surface area contributed by atoms with Crippen molar-refractivity contribution in [2.75, 3.05) is 0 Å². The quantitative estimate of drug-likeness (QED) is 0.694. The predicted octanol–water partition coefficient (Wildman–Crippen LogP) is 2.59. The summed E-state index contributed by atoms with van der Waals surface area (Å²) in [6.45, 7) is 13.7. The Labute approximate surface area is 115 Å². The molecule has 0 N–H and O–H groups in total. The maximum absolute atomic E-state index is 11.4. The van der Waals surface area contributed by atoms with E-state index in [1.165, 1.54) is 0 Å². The van der Waals surface area contributed by atoms with E-state index in [1.54, 1.807) is 0 Å². The van der Waals surface area contributed by atoms with Crippen LogP contribution >= 0.6 is 0 Å². The first kappa shape index (κ1) is 15.9. The fourth-order valence-corrected chi connectivity index (χ4v) is 5.36. The zero-order chi connectivity index (χ0) is 14.1. The Morgan fingerprint density at radius 3 is 1.78 bits per heavy atom. The molecule has 0 aliphatic heterocycles. The summed E-state index contributed by atoms with van der Waals surface area (Å²) in [7, 11) is 0.752. The minimum absolute atomic E-state index is 0.0809. The fourth-order valence-electron chi connectivity index (χ4n) is 4.29. The van der Waals surface area contributed by atoms with Crippen molar-refractivity contribution in [1.82, 2.24) is 0 Å². The molecule has 1 unspecified atom stereocenters. The van der Waals surface area contributed by atoms with Gasteiger partial charge in [0, 0.05) is 18.8 Å². The van der Waals surface area contributed by atoms with Crippen molar-refractivity contribution < 1.29 is 9.22 Å². The number of hydrogen-bond acceptors (Lipinski definition) is 2. The number of carbonyl (C=O) groups is 1. The smallest absolute Gasteiger partial charge is 0.146 e. The van der Waals surface area contributed by atoms with Crippen LogP contribution in [0.1, 0.15) is 54.4 Å². The van der Waals surface area contributed by atoms with Gasteiger partial charge in [-0.25, -0.2) is 0 Å². The van der Waals surface area contributed by atoms with E-state index in [2.05, 4.69) is 41.5 Å². The molecule has 2 nitrogen and oxygen atoms in total. The second-order valence-corrected chi connectivity index (χ2v) is 7.28. The second-order valence-electron chi connectivity index (χ2n) is 6.87. The molecule has 1 fully saturated rings. The Hall–Kier alpha value is -0.153. The summed E-state index contributed by atoms with van der Waals surface area (Å²) in [4.78, 5) is 11.4. The first-order valence-electron chi connectivity index (χ1n) is 7.34. The lowest BCUT2D eigenvalue weighted by Crippen LogP contribution is -2.58. The molecule has 18 heavy (non-hydrogen) atoms. The molecule has 0 saturated heterocycles. The molecule has 106 valence electrons. The highest BCUT2D eigenvalue weighted by atomic mass is 28.2. The molecule has 0 heterocycles. The number of Topliss-reactive ketones (excluding diaryl/α,β-unsaturated/α-hetero) is 1.